The van der Waals surface area contributed by atoms with Crippen LogP contribution < -0.4 is 21.1 Å². The maximum atomic E-state index is 12.3. The zero-order valence-electron chi connectivity index (χ0n) is 12.2. The molecule has 0 radical (unpaired) electrons. The van der Waals surface area contributed by atoms with Gasteiger partial charge in [-0.3, -0.25) is 4.79 Å². The van der Waals surface area contributed by atoms with E-state index in [1.165, 1.54) is 0 Å². The Hall–Kier alpha value is -3.28. The van der Waals surface area contributed by atoms with Crippen molar-refractivity contribution in [3.05, 3.63) is 59.7 Å². The Bertz CT molecular complexity index is 782. The molecule has 4 N–H and O–H groups in total. The van der Waals surface area contributed by atoms with Crippen molar-refractivity contribution in [2.45, 2.75) is 0 Å². The predicted octanol–water partition coefficient (Wildman–Crippen LogP) is 2.59. The third-order valence-electron chi connectivity index (χ3n) is 3.33. The van der Waals surface area contributed by atoms with Crippen LogP contribution in [0.25, 0.3) is 6.08 Å². The summed E-state index contributed by atoms with van der Waals surface area (Å²) in [6.45, 7) is 0.226. The number of carbonyl (C=O) groups is 2. The second-order valence-electron chi connectivity index (χ2n) is 5.02. The molecular weight excluding hydrogens is 294 g/mol. The molecule has 1 aliphatic heterocycles. The fourth-order valence-electron chi connectivity index (χ4n) is 2.24. The third-order valence-corrected chi connectivity index (χ3v) is 3.33. The minimum atomic E-state index is -0.634. The molecule has 0 fully saturated rings. The molecule has 1 heterocycles. The number of primary amides is 1. The van der Waals surface area contributed by atoms with Crippen LogP contribution in [0.4, 0.5) is 16.2 Å². The van der Waals surface area contributed by atoms with Gasteiger partial charge in [-0.05, 0) is 36.4 Å². The molecule has 6 nitrogen and oxygen atoms in total. The zero-order valence-corrected chi connectivity index (χ0v) is 12.2. The second kappa shape index (κ2) is 6.23. The summed E-state index contributed by atoms with van der Waals surface area (Å²) in [6, 6.07) is 13.6. The van der Waals surface area contributed by atoms with E-state index in [0.29, 0.717) is 16.9 Å². The number of anilines is 2. The Morgan fingerprint density at radius 3 is 2.30 bits per heavy atom. The molecule has 116 valence electrons. The van der Waals surface area contributed by atoms with Crippen molar-refractivity contribution in [1.29, 1.82) is 0 Å². The van der Waals surface area contributed by atoms with Crippen LogP contribution in [-0.2, 0) is 4.79 Å². The maximum Gasteiger partial charge on any atom is 0.316 e. The van der Waals surface area contributed by atoms with Crippen molar-refractivity contribution < 1.29 is 14.3 Å². The largest absolute Gasteiger partial charge is 0.488 e. The Labute approximate surface area is 132 Å². The third kappa shape index (κ3) is 3.49. The summed E-state index contributed by atoms with van der Waals surface area (Å²) in [5.74, 6) is 0.543. The quantitative estimate of drug-likeness (QED) is 0.813. The van der Waals surface area contributed by atoms with Gasteiger partial charge < -0.3 is 21.1 Å². The average molecular weight is 309 g/mol. The van der Waals surface area contributed by atoms with E-state index in [1.807, 2.05) is 30.3 Å². The molecule has 0 atom stereocenters. The normalized spacial score (nSPS) is 12.4. The Morgan fingerprint density at radius 1 is 0.957 bits per heavy atom. The molecule has 1 aliphatic rings. The number of urea groups is 1. The summed E-state index contributed by atoms with van der Waals surface area (Å²) in [4.78, 5) is 23.0. The highest BCUT2D eigenvalue weighted by molar-refractivity contribution is 6.07. The lowest BCUT2D eigenvalue weighted by molar-refractivity contribution is -0.113. The molecule has 2 aromatic carbocycles. The molecule has 2 aromatic rings. The molecule has 3 amide bonds. The number of hydrogen-bond donors (Lipinski definition) is 3. The number of ether oxygens (including phenoxy) is 1. The van der Waals surface area contributed by atoms with E-state index in [9.17, 15) is 9.59 Å². The highest BCUT2D eigenvalue weighted by Crippen LogP contribution is 2.26. The number of nitrogens with two attached hydrogens (primary N) is 1. The monoisotopic (exact) mass is 309 g/mol. The fraction of sp³-hybridized carbons (Fsp3) is 0.0588. The van der Waals surface area contributed by atoms with Crippen LogP contribution in [0.5, 0.6) is 5.75 Å². The van der Waals surface area contributed by atoms with Gasteiger partial charge in [0.1, 0.15) is 12.4 Å². The SMILES string of the molecule is NC(=O)Nc1ccc(NC(=O)C2=Cc3ccccc3OC2)cc1. The van der Waals surface area contributed by atoms with E-state index in [-0.39, 0.29) is 12.5 Å². The zero-order chi connectivity index (χ0) is 16.2. The smallest absolute Gasteiger partial charge is 0.316 e. The molecule has 0 saturated carbocycles. The van der Waals surface area contributed by atoms with Crippen LogP contribution in [0.15, 0.2) is 54.1 Å². The Kier molecular flexibility index (Phi) is 3.97. The van der Waals surface area contributed by atoms with E-state index >= 15 is 0 Å². The molecule has 0 aliphatic carbocycles. The topological polar surface area (TPSA) is 93.5 Å². The Morgan fingerprint density at radius 2 is 1.61 bits per heavy atom. The summed E-state index contributed by atoms with van der Waals surface area (Å²) >= 11 is 0. The minimum absolute atomic E-state index is 0.226. The molecule has 0 unspecified atom stereocenters. The van der Waals surface area contributed by atoms with Gasteiger partial charge in [-0.1, -0.05) is 18.2 Å². The average Bonchev–Trinajstić information content (AvgIpc) is 2.55. The standard InChI is InChI=1S/C17H15N3O3/c18-17(22)20-14-7-5-13(6-8-14)19-16(21)12-9-11-3-1-2-4-15(11)23-10-12/h1-9H,10H2,(H,19,21)(H3,18,20,22). The number of nitrogens with one attached hydrogen (secondary N) is 2. The summed E-state index contributed by atoms with van der Waals surface area (Å²) in [7, 11) is 0. The molecule has 0 spiro atoms. The highest BCUT2D eigenvalue weighted by atomic mass is 16.5. The van der Waals surface area contributed by atoms with Crippen LogP contribution >= 0.6 is 0 Å². The molecule has 6 heteroatoms. The number of hydrogen-bond acceptors (Lipinski definition) is 3. The molecule has 0 bridgehead atoms. The van der Waals surface area contributed by atoms with Crippen LogP contribution in [0, 0.1) is 0 Å². The van der Waals surface area contributed by atoms with E-state index in [0.717, 1.165) is 11.3 Å². The van der Waals surface area contributed by atoms with Crippen LogP contribution in [0.2, 0.25) is 0 Å². The molecule has 3 rings (SSSR count). The summed E-state index contributed by atoms with van der Waals surface area (Å²) in [5, 5.41) is 5.25. The second-order valence-corrected chi connectivity index (χ2v) is 5.02. The summed E-state index contributed by atoms with van der Waals surface area (Å²) in [5.41, 5.74) is 7.64. The first-order valence-corrected chi connectivity index (χ1v) is 7.02. The number of carbonyl (C=O) groups excluding carboxylic acids is 2. The van der Waals surface area contributed by atoms with Gasteiger partial charge >= 0.3 is 6.03 Å². The van der Waals surface area contributed by atoms with Crippen molar-refractivity contribution in [3.63, 3.8) is 0 Å². The van der Waals surface area contributed by atoms with Gasteiger partial charge in [0.05, 0.1) is 5.57 Å². The predicted molar refractivity (Wildman–Crippen MR) is 88.2 cm³/mol. The van der Waals surface area contributed by atoms with Crippen LogP contribution in [-0.4, -0.2) is 18.5 Å². The van der Waals surface area contributed by atoms with Gasteiger partial charge in [0.25, 0.3) is 5.91 Å². The number of rotatable bonds is 3. The minimum Gasteiger partial charge on any atom is -0.488 e. The van der Waals surface area contributed by atoms with Gasteiger partial charge in [-0.25, -0.2) is 4.79 Å². The van der Waals surface area contributed by atoms with Crippen molar-refractivity contribution >= 4 is 29.4 Å². The fourth-order valence-corrected chi connectivity index (χ4v) is 2.24. The molecule has 0 aromatic heterocycles. The lowest BCUT2D eigenvalue weighted by atomic mass is 10.1. The van der Waals surface area contributed by atoms with Crippen LogP contribution in [0.1, 0.15) is 5.56 Å². The maximum absolute atomic E-state index is 12.3. The first-order chi connectivity index (χ1) is 11.1. The Balaban J connectivity index is 1.70. The summed E-state index contributed by atoms with van der Waals surface area (Å²) in [6.07, 6.45) is 1.82. The van der Waals surface area contributed by atoms with Gasteiger partial charge in [-0.2, -0.15) is 0 Å². The first kappa shape index (κ1) is 14.6. The van der Waals surface area contributed by atoms with Crippen LogP contribution in [0.3, 0.4) is 0 Å². The van der Waals surface area contributed by atoms with Gasteiger partial charge in [0, 0.05) is 16.9 Å². The van der Waals surface area contributed by atoms with E-state index in [1.54, 1.807) is 24.3 Å². The van der Waals surface area contributed by atoms with Crippen molar-refractivity contribution in [3.8, 4) is 5.75 Å². The van der Waals surface area contributed by atoms with Gasteiger partial charge in [0.15, 0.2) is 0 Å². The highest BCUT2D eigenvalue weighted by Gasteiger charge is 2.16. The van der Waals surface area contributed by atoms with E-state index in [4.69, 9.17) is 10.5 Å². The number of benzene rings is 2. The van der Waals surface area contributed by atoms with Gasteiger partial charge in [0.2, 0.25) is 0 Å². The number of para-hydroxylation sites is 1. The lowest BCUT2D eigenvalue weighted by Crippen LogP contribution is -2.21. The molecular formula is C17H15N3O3. The lowest BCUT2D eigenvalue weighted by Gasteiger charge is -2.17. The first-order valence-electron chi connectivity index (χ1n) is 7.02. The van der Waals surface area contributed by atoms with Gasteiger partial charge in [-0.15, -0.1) is 0 Å². The van der Waals surface area contributed by atoms with E-state index in [2.05, 4.69) is 10.6 Å². The van der Waals surface area contributed by atoms with Crippen molar-refractivity contribution in [1.82, 2.24) is 0 Å². The number of amides is 3. The van der Waals surface area contributed by atoms with E-state index < -0.39 is 6.03 Å². The van der Waals surface area contributed by atoms with Crippen molar-refractivity contribution in [2.75, 3.05) is 17.2 Å². The number of fused-ring (bicyclic) bond motifs is 1. The molecule has 0 saturated heterocycles. The molecule has 23 heavy (non-hydrogen) atoms. The van der Waals surface area contributed by atoms with Crippen molar-refractivity contribution in [2.24, 2.45) is 5.73 Å². The summed E-state index contributed by atoms with van der Waals surface area (Å²) < 4.78 is 5.57.